The Kier molecular flexibility index (Phi) is 5.43. The van der Waals surface area contributed by atoms with Gasteiger partial charge >= 0.3 is 0 Å². The molecule has 20 heavy (non-hydrogen) atoms. The quantitative estimate of drug-likeness (QED) is 0.783. The van der Waals surface area contributed by atoms with Gasteiger partial charge in [-0.1, -0.05) is 12.1 Å². The third kappa shape index (κ3) is 3.73. The summed E-state index contributed by atoms with van der Waals surface area (Å²) in [6.07, 6.45) is 1.57. The van der Waals surface area contributed by atoms with Gasteiger partial charge in [-0.25, -0.2) is 8.42 Å². The number of piperidine rings is 1. The molecule has 112 valence electrons. The standard InChI is InChI=1S/C14H20ClNO3S/c1-12-3-2-4-14(11-12)20(17,18)16-8-5-13(6-9-16)19-10-7-15/h2-4,11,13H,5-10H2,1H3. The number of benzene rings is 1. The summed E-state index contributed by atoms with van der Waals surface area (Å²) in [6.45, 7) is 3.43. The fourth-order valence-corrected chi connectivity index (χ4v) is 4.04. The van der Waals surface area contributed by atoms with E-state index in [4.69, 9.17) is 16.3 Å². The van der Waals surface area contributed by atoms with Crippen LogP contribution in [-0.4, -0.2) is 44.4 Å². The average molecular weight is 318 g/mol. The van der Waals surface area contributed by atoms with Crippen LogP contribution in [0.4, 0.5) is 0 Å². The fourth-order valence-electron chi connectivity index (χ4n) is 2.38. The highest BCUT2D eigenvalue weighted by molar-refractivity contribution is 7.89. The molecule has 0 spiro atoms. The zero-order valence-electron chi connectivity index (χ0n) is 11.6. The molecule has 1 saturated heterocycles. The van der Waals surface area contributed by atoms with Crippen LogP contribution in [-0.2, 0) is 14.8 Å². The van der Waals surface area contributed by atoms with Crippen LogP contribution in [0.25, 0.3) is 0 Å². The Hall–Kier alpha value is -0.620. The summed E-state index contributed by atoms with van der Waals surface area (Å²) in [6, 6.07) is 7.04. The first kappa shape index (κ1) is 15.8. The van der Waals surface area contributed by atoms with Crippen molar-refractivity contribution in [3.63, 3.8) is 0 Å². The van der Waals surface area contributed by atoms with Crippen LogP contribution in [0.5, 0.6) is 0 Å². The zero-order valence-corrected chi connectivity index (χ0v) is 13.2. The lowest BCUT2D eigenvalue weighted by Gasteiger charge is -2.31. The molecule has 1 fully saturated rings. The van der Waals surface area contributed by atoms with Crippen LogP contribution in [0.1, 0.15) is 18.4 Å². The molecule has 1 aromatic rings. The van der Waals surface area contributed by atoms with Crippen molar-refractivity contribution >= 4 is 21.6 Å². The number of sulfonamides is 1. The second-order valence-corrected chi connectivity index (χ2v) is 7.30. The summed E-state index contributed by atoms with van der Waals surface area (Å²) in [4.78, 5) is 0.373. The molecule has 1 aliphatic heterocycles. The number of aryl methyl sites for hydroxylation is 1. The molecular weight excluding hydrogens is 298 g/mol. The van der Waals surface area contributed by atoms with E-state index in [-0.39, 0.29) is 6.10 Å². The predicted octanol–water partition coefficient (Wildman–Crippen LogP) is 2.40. The molecular formula is C14H20ClNO3S. The van der Waals surface area contributed by atoms with E-state index in [1.165, 1.54) is 0 Å². The summed E-state index contributed by atoms with van der Waals surface area (Å²) in [7, 11) is -3.38. The first-order valence-electron chi connectivity index (χ1n) is 6.78. The van der Waals surface area contributed by atoms with E-state index in [1.54, 1.807) is 22.5 Å². The van der Waals surface area contributed by atoms with Gasteiger partial charge in [-0.2, -0.15) is 4.31 Å². The Balaban J connectivity index is 2.02. The summed E-state index contributed by atoms with van der Waals surface area (Å²) in [5, 5.41) is 0. The van der Waals surface area contributed by atoms with E-state index in [2.05, 4.69) is 0 Å². The first-order valence-corrected chi connectivity index (χ1v) is 8.76. The van der Waals surface area contributed by atoms with E-state index in [9.17, 15) is 8.42 Å². The maximum Gasteiger partial charge on any atom is 0.243 e. The topological polar surface area (TPSA) is 46.6 Å². The van der Waals surface area contributed by atoms with Crippen LogP contribution in [0.15, 0.2) is 29.2 Å². The zero-order chi connectivity index (χ0) is 14.6. The number of rotatable bonds is 5. The highest BCUT2D eigenvalue weighted by Gasteiger charge is 2.29. The van der Waals surface area contributed by atoms with Crippen LogP contribution in [0.2, 0.25) is 0 Å². The van der Waals surface area contributed by atoms with Crippen molar-refractivity contribution in [3.05, 3.63) is 29.8 Å². The maximum absolute atomic E-state index is 12.5. The van der Waals surface area contributed by atoms with Crippen LogP contribution >= 0.6 is 11.6 Å². The molecule has 0 saturated carbocycles. The Bertz CT molecular complexity index is 539. The van der Waals surface area contributed by atoms with Gasteiger partial charge in [0.05, 0.1) is 17.6 Å². The Labute approximate surface area is 125 Å². The molecule has 0 atom stereocenters. The van der Waals surface area contributed by atoms with Gasteiger partial charge in [-0.3, -0.25) is 0 Å². The second-order valence-electron chi connectivity index (χ2n) is 4.98. The third-order valence-corrected chi connectivity index (χ3v) is 5.51. The van der Waals surface area contributed by atoms with Crippen LogP contribution < -0.4 is 0 Å². The third-order valence-electron chi connectivity index (χ3n) is 3.46. The average Bonchev–Trinajstić information content (AvgIpc) is 2.45. The predicted molar refractivity (Wildman–Crippen MR) is 79.6 cm³/mol. The molecule has 0 aromatic heterocycles. The van der Waals surface area contributed by atoms with Gasteiger partial charge in [0.2, 0.25) is 10.0 Å². The molecule has 2 rings (SSSR count). The van der Waals surface area contributed by atoms with Gasteiger partial charge in [0, 0.05) is 19.0 Å². The molecule has 1 aromatic carbocycles. The minimum Gasteiger partial charge on any atom is -0.377 e. The van der Waals surface area contributed by atoms with Gasteiger partial charge in [0.25, 0.3) is 0 Å². The van der Waals surface area contributed by atoms with E-state index in [1.807, 2.05) is 13.0 Å². The lowest BCUT2D eigenvalue weighted by atomic mass is 10.1. The highest BCUT2D eigenvalue weighted by atomic mass is 35.5. The van der Waals surface area contributed by atoms with Gasteiger partial charge < -0.3 is 4.74 Å². The lowest BCUT2D eigenvalue weighted by Crippen LogP contribution is -2.41. The molecule has 0 unspecified atom stereocenters. The number of hydrogen-bond donors (Lipinski definition) is 0. The van der Waals surface area contributed by atoms with E-state index >= 15 is 0 Å². The van der Waals surface area contributed by atoms with Crippen molar-refractivity contribution in [3.8, 4) is 0 Å². The molecule has 0 aliphatic carbocycles. The molecule has 1 aliphatic rings. The smallest absolute Gasteiger partial charge is 0.243 e. The summed E-state index contributed by atoms with van der Waals surface area (Å²) in [5.74, 6) is 0.474. The normalized spacial score (nSPS) is 18.3. The fraction of sp³-hybridized carbons (Fsp3) is 0.571. The van der Waals surface area contributed by atoms with Crippen molar-refractivity contribution in [2.24, 2.45) is 0 Å². The van der Waals surface area contributed by atoms with Crippen molar-refractivity contribution in [2.75, 3.05) is 25.6 Å². The number of ether oxygens (including phenoxy) is 1. The van der Waals surface area contributed by atoms with Gasteiger partial charge in [0.15, 0.2) is 0 Å². The second kappa shape index (κ2) is 6.89. The molecule has 6 heteroatoms. The summed E-state index contributed by atoms with van der Waals surface area (Å²) < 4.78 is 32.2. The molecule has 0 bridgehead atoms. The number of hydrogen-bond acceptors (Lipinski definition) is 3. The van der Waals surface area contributed by atoms with Crippen LogP contribution in [0, 0.1) is 6.92 Å². The van der Waals surface area contributed by atoms with Crippen molar-refractivity contribution < 1.29 is 13.2 Å². The molecule has 0 amide bonds. The summed E-state index contributed by atoms with van der Waals surface area (Å²) >= 11 is 5.59. The highest BCUT2D eigenvalue weighted by Crippen LogP contribution is 2.22. The van der Waals surface area contributed by atoms with E-state index < -0.39 is 10.0 Å². The number of alkyl halides is 1. The first-order chi connectivity index (χ1) is 9.54. The van der Waals surface area contributed by atoms with Gasteiger partial charge in [0.1, 0.15) is 0 Å². The van der Waals surface area contributed by atoms with Gasteiger partial charge in [-0.15, -0.1) is 11.6 Å². The Morgan fingerprint density at radius 3 is 2.65 bits per heavy atom. The van der Waals surface area contributed by atoms with E-state index in [0.29, 0.717) is 30.5 Å². The van der Waals surface area contributed by atoms with Crippen molar-refractivity contribution in [1.82, 2.24) is 4.31 Å². The monoisotopic (exact) mass is 317 g/mol. The van der Waals surface area contributed by atoms with Crippen molar-refractivity contribution in [1.29, 1.82) is 0 Å². The largest absolute Gasteiger partial charge is 0.377 e. The minimum absolute atomic E-state index is 0.123. The van der Waals surface area contributed by atoms with Crippen LogP contribution in [0.3, 0.4) is 0 Å². The number of nitrogens with zero attached hydrogens (tertiary/aromatic N) is 1. The lowest BCUT2D eigenvalue weighted by molar-refractivity contribution is 0.0301. The maximum atomic E-state index is 12.5. The molecule has 4 nitrogen and oxygen atoms in total. The van der Waals surface area contributed by atoms with E-state index in [0.717, 1.165) is 18.4 Å². The Morgan fingerprint density at radius 2 is 2.05 bits per heavy atom. The van der Waals surface area contributed by atoms with Gasteiger partial charge in [-0.05, 0) is 37.5 Å². The minimum atomic E-state index is -3.38. The Morgan fingerprint density at radius 1 is 1.35 bits per heavy atom. The van der Waals surface area contributed by atoms with Crippen molar-refractivity contribution in [2.45, 2.75) is 30.8 Å². The molecule has 1 heterocycles. The SMILES string of the molecule is Cc1cccc(S(=O)(=O)N2CCC(OCCCl)CC2)c1. The summed E-state index contributed by atoms with van der Waals surface area (Å²) in [5.41, 5.74) is 0.950. The molecule has 0 radical (unpaired) electrons. The molecule has 0 N–H and O–H groups in total. The number of halogens is 1.